The molecule has 450 valence electrons. The number of amides is 2. The van der Waals surface area contributed by atoms with Crippen LogP contribution in [0.3, 0.4) is 0 Å². The number of nitrogens with two attached hydrogens (primary N) is 1. The average molecular weight is 1170 g/mol. The number of esters is 1. The summed E-state index contributed by atoms with van der Waals surface area (Å²) in [7, 11) is -5.65. The Kier molecular flexibility index (Phi) is 34.9. The van der Waals surface area contributed by atoms with Gasteiger partial charge in [-0.3, -0.25) is 23.8 Å². The van der Waals surface area contributed by atoms with Gasteiger partial charge in [-0.05, 0) is 30.5 Å². The van der Waals surface area contributed by atoms with Gasteiger partial charge in [-0.25, -0.2) is 18.8 Å². The number of nitrogens with one attached hydrogen (secondary N) is 3. The number of carbonyl (C=O) groups excluding carboxylic acids is 3. The molecule has 0 atom stereocenters. The van der Waals surface area contributed by atoms with Gasteiger partial charge in [0.05, 0.1) is 151 Å². The van der Waals surface area contributed by atoms with E-state index in [0.29, 0.717) is 136 Å². The Morgan fingerprint density at radius 3 is 1.48 bits per heavy atom. The van der Waals surface area contributed by atoms with Crippen LogP contribution in [0.15, 0.2) is 57.2 Å². The third-order valence-electron chi connectivity index (χ3n) is 10.5. The summed E-state index contributed by atoms with van der Waals surface area (Å²) in [5, 5.41) is 15.4. The molecule has 0 aromatic heterocycles. The maximum Gasteiger partial charge on any atom is 0.313 e. The summed E-state index contributed by atoms with van der Waals surface area (Å²) in [4.78, 5) is 45.1. The standard InChI is InChI=1S/C51H74F4N6O18S/c1-3-11-61(78-4-2)51(64)39-32-40(41(34-56)60-42(57)33-39)58-35-37-5-7-38(8-6-37)36-59-43(62)9-12-68-14-16-70-18-20-72-22-24-74-26-28-76-30-31-77-29-27-75-25-23-73-21-19-71-17-15-69-13-10-44(63)79-49-45(52)47(54)50(80(65,66)67)48(55)46(49)53/h5-8,32,34,56,58H,3-4,9-31,33,35-36H2,1-2H3,(H2,57,60)(H,59,62)(H,65,66,67). The Labute approximate surface area is 462 Å². The molecule has 0 aliphatic carbocycles. The Bertz CT molecular complexity index is 2370. The number of amidine groups is 1. The zero-order valence-electron chi connectivity index (χ0n) is 45.0. The monoisotopic (exact) mass is 1170 g/mol. The van der Waals surface area contributed by atoms with E-state index >= 15 is 0 Å². The van der Waals surface area contributed by atoms with E-state index < -0.39 is 56.4 Å². The van der Waals surface area contributed by atoms with Crippen molar-refractivity contribution in [1.29, 1.82) is 5.41 Å². The van der Waals surface area contributed by atoms with Gasteiger partial charge in [0.15, 0.2) is 16.5 Å². The Hall–Kier alpha value is -5.54. The molecule has 6 N–H and O–H groups in total. The number of hydroxylamine groups is 2. The summed E-state index contributed by atoms with van der Waals surface area (Å²) in [6.45, 7) is 11.0. The topological polar surface area (TPSA) is 306 Å². The molecule has 2 aromatic rings. The number of ether oxygens (including phenoxy) is 11. The maximum atomic E-state index is 14.0. The van der Waals surface area contributed by atoms with Crippen molar-refractivity contribution >= 4 is 40.0 Å². The molecule has 0 spiro atoms. The van der Waals surface area contributed by atoms with Gasteiger partial charge in [0.25, 0.3) is 5.91 Å². The van der Waals surface area contributed by atoms with E-state index in [4.69, 9.17) is 67.9 Å². The first kappa shape index (κ1) is 68.7. The van der Waals surface area contributed by atoms with Crippen LogP contribution >= 0.6 is 0 Å². The molecule has 0 radical (unpaired) electrons. The molecule has 0 saturated heterocycles. The lowest BCUT2D eigenvalue weighted by atomic mass is 10.1. The first-order valence-corrected chi connectivity index (χ1v) is 27.2. The zero-order valence-corrected chi connectivity index (χ0v) is 45.9. The SMILES string of the molecule is CCCN(OCC)C(=O)C1=CC(NCc2ccc(CNC(=O)CCOCCOCCOCCOCCOCCOCCOCCOCCOCCOCCC(=O)Oc3c(F)c(F)c(S(=O)(=O)O)c(F)c3F)cc2)=C(C=N)N=C(N)C1. The Morgan fingerprint density at radius 2 is 1.07 bits per heavy atom. The minimum absolute atomic E-state index is 0.0154. The lowest BCUT2D eigenvalue weighted by Gasteiger charge is -2.22. The first-order valence-electron chi connectivity index (χ1n) is 25.7. The maximum absolute atomic E-state index is 14.0. The minimum atomic E-state index is -5.65. The van der Waals surface area contributed by atoms with E-state index in [1.54, 1.807) is 6.08 Å². The number of benzene rings is 2. The largest absolute Gasteiger partial charge is 0.420 e. The van der Waals surface area contributed by atoms with Gasteiger partial charge < -0.3 is 73.9 Å². The highest BCUT2D eigenvalue weighted by Gasteiger charge is 2.34. The van der Waals surface area contributed by atoms with E-state index in [0.717, 1.165) is 23.8 Å². The highest BCUT2D eigenvalue weighted by atomic mass is 32.2. The molecule has 0 fully saturated rings. The summed E-state index contributed by atoms with van der Waals surface area (Å²) >= 11 is 0. The van der Waals surface area contributed by atoms with Gasteiger partial charge in [-0.15, -0.1) is 0 Å². The summed E-state index contributed by atoms with van der Waals surface area (Å²) < 4.78 is 145. The van der Waals surface area contributed by atoms with Crippen LogP contribution in [-0.2, 0) is 89.8 Å². The van der Waals surface area contributed by atoms with Crippen molar-refractivity contribution in [1.82, 2.24) is 15.7 Å². The van der Waals surface area contributed by atoms with Crippen LogP contribution in [0.25, 0.3) is 0 Å². The molecule has 24 nitrogen and oxygen atoms in total. The minimum Gasteiger partial charge on any atom is -0.420 e. The number of hydrogen-bond acceptors (Lipinski definition) is 21. The average Bonchev–Trinajstić information content (AvgIpc) is 3.60. The predicted octanol–water partition coefficient (Wildman–Crippen LogP) is 3.49. The van der Waals surface area contributed by atoms with Crippen molar-refractivity contribution in [3.8, 4) is 5.75 Å². The van der Waals surface area contributed by atoms with Crippen molar-refractivity contribution in [2.45, 2.75) is 57.5 Å². The van der Waals surface area contributed by atoms with E-state index in [1.807, 2.05) is 38.1 Å². The zero-order chi connectivity index (χ0) is 58.4. The van der Waals surface area contributed by atoms with Crippen LogP contribution in [0.4, 0.5) is 17.6 Å². The molecule has 1 aliphatic rings. The smallest absolute Gasteiger partial charge is 0.313 e. The van der Waals surface area contributed by atoms with Crippen LogP contribution < -0.4 is 21.1 Å². The van der Waals surface area contributed by atoms with Gasteiger partial charge in [0.2, 0.25) is 23.3 Å². The lowest BCUT2D eigenvalue weighted by Crippen LogP contribution is -2.34. The molecule has 2 amide bonds. The quantitative estimate of drug-likeness (QED) is 0.00926. The summed E-state index contributed by atoms with van der Waals surface area (Å²) in [5.74, 6) is -12.9. The van der Waals surface area contributed by atoms with Crippen molar-refractivity contribution in [2.75, 3.05) is 145 Å². The normalized spacial score (nSPS) is 12.7. The molecule has 0 bridgehead atoms. The lowest BCUT2D eigenvalue weighted by molar-refractivity contribution is -0.180. The predicted molar refractivity (Wildman–Crippen MR) is 278 cm³/mol. The summed E-state index contributed by atoms with van der Waals surface area (Å²) in [6, 6.07) is 7.68. The molecule has 1 heterocycles. The Morgan fingerprint density at radius 1 is 0.662 bits per heavy atom. The molecule has 3 rings (SSSR count). The van der Waals surface area contributed by atoms with Crippen LogP contribution in [0.2, 0.25) is 0 Å². The molecular formula is C51H74F4N6O18S. The third-order valence-corrected chi connectivity index (χ3v) is 11.4. The fourth-order valence-electron chi connectivity index (χ4n) is 6.62. The van der Waals surface area contributed by atoms with Gasteiger partial charge in [0.1, 0.15) is 11.5 Å². The van der Waals surface area contributed by atoms with Crippen molar-refractivity contribution in [2.24, 2.45) is 10.7 Å². The van der Waals surface area contributed by atoms with Crippen LogP contribution in [0.5, 0.6) is 5.75 Å². The number of nitrogens with zero attached hydrogens (tertiary/aromatic N) is 2. The first-order chi connectivity index (χ1) is 38.6. The van der Waals surface area contributed by atoms with E-state index in [2.05, 4.69) is 20.4 Å². The second kappa shape index (κ2) is 40.6. The number of halogens is 4. The van der Waals surface area contributed by atoms with Crippen LogP contribution in [0, 0.1) is 28.7 Å². The van der Waals surface area contributed by atoms with Gasteiger partial charge in [-0.1, -0.05) is 31.2 Å². The van der Waals surface area contributed by atoms with E-state index in [9.17, 15) is 40.4 Å². The van der Waals surface area contributed by atoms with Gasteiger partial charge >= 0.3 is 16.1 Å². The number of carbonyl (C=O) groups is 3. The molecule has 2 aromatic carbocycles. The second-order valence-corrected chi connectivity index (χ2v) is 18.0. The molecule has 0 saturated carbocycles. The van der Waals surface area contributed by atoms with Crippen molar-refractivity contribution < 1.29 is 102 Å². The number of aliphatic imine (C=N–C) groups is 1. The second-order valence-electron chi connectivity index (χ2n) is 16.7. The number of rotatable bonds is 46. The Balaban J connectivity index is 1.04. The van der Waals surface area contributed by atoms with E-state index in [-0.39, 0.29) is 70.1 Å². The third kappa shape index (κ3) is 27.8. The summed E-state index contributed by atoms with van der Waals surface area (Å²) in [6.07, 6.45) is 3.23. The van der Waals surface area contributed by atoms with Gasteiger partial charge in [0, 0.05) is 44.3 Å². The molecular weight excluding hydrogens is 1090 g/mol. The highest BCUT2D eigenvalue weighted by Crippen LogP contribution is 2.32. The number of allylic oxidation sites excluding steroid dienone is 2. The van der Waals surface area contributed by atoms with Crippen molar-refractivity contribution in [3.05, 3.63) is 81.7 Å². The highest BCUT2D eigenvalue weighted by molar-refractivity contribution is 7.85. The molecule has 1 aliphatic heterocycles. The van der Waals surface area contributed by atoms with Crippen LogP contribution in [0.1, 0.15) is 50.7 Å². The molecule has 80 heavy (non-hydrogen) atoms. The van der Waals surface area contributed by atoms with Gasteiger partial charge in [-0.2, -0.15) is 17.2 Å². The summed E-state index contributed by atoms with van der Waals surface area (Å²) in [5.41, 5.74) is 9.15. The van der Waals surface area contributed by atoms with Crippen molar-refractivity contribution in [3.63, 3.8) is 0 Å². The van der Waals surface area contributed by atoms with E-state index in [1.165, 1.54) is 5.06 Å². The number of hydrogen-bond donors (Lipinski definition) is 5. The fourth-order valence-corrected chi connectivity index (χ4v) is 7.25. The molecule has 0 unspecified atom stereocenters. The van der Waals surface area contributed by atoms with Crippen LogP contribution in [-0.4, -0.2) is 193 Å². The molecule has 29 heteroatoms. The fraction of sp³-hybridized carbons (Fsp3) is 0.588.